The summed E-state index contributed by atoms with van der Waals surface area (Å²) >= 11 is 8.46. The van der Waals surface area contributed by atoms with E-state index in [1.54, 1.807) is 18.2 Å². The Morgan fingerprint density at radius 3 is 2.65 bits per heavy atom. The number of hydrogen-bond donors (Lipinski definition) is 1. The minimum absolute atomic E-state index is 0.276. The molecule has 1 saturated carbocycles. The summed E-state index contributed by atoms with van der Waals surface area (Å²) in [5.74, 6) is 0.829. The van der Waals surface area contributed by atoms with E-state index in [9.17, 15) is 8.42 Å². The molecule has 0 amide bonds. The Balaban J connectivity index is 1.88. The molecule has 0 atom stereocenters. The van der Waals surface area contributed by atoms with Crippen molar-refractivity contribution in [3.63, 3.8) is 0 Å². The predicted octanol–water partition coefficient (Wildman–Crippen LogP) is 4.17. The summed E-state index contributed by atoms with van der Waals surface area (Å²) < 4.78 is 28.5. The lowest BCUT2D eigenvalue weighted by Crippen LogP contribution is -2.26. The molecule has 0 aromatic heterocycles. The van der Waals surface area contributed by atoms with Gasteiger partial charge in [0, 0.05) is 26.5 Å². The second kappa shape index (κ2) is 7.63. The molecule has 112 valence electrons. The van der Waals surface area contributed by atoms with E-state index in [2.05, 4.69) is 36.6 Å². The Labute approximate surface area is 141 Å². The molecule has 0 aliphatic heterocycles. The maximum atomic E-state index is 12.2. The molecule has 1 aliphatic rings. The third-order valence-electron chi connectivity index (χ3n) is 3.23. The largest absolute Gasteiger partial charge is 0.241 e. The first-order valence-corrected chi connectivity index (χ1v) is 10.7. The number of sulfonamides is 1. The monoisotopic (exact) mass is 441 g/mol. The topological polar surface area (TPSA) is 46.2 Å². The Bertz CT molecular complexity index is 557. The molecule has 1 N–H and O–H groups in total. The van der Waals surface area contributed by atoms with Crippen molar-refractivity contribution in [2.75, 3.05) is 12.3 Å². The first-order valence-electron chi connectivity index (χ1n) is 6.55. The van der Waals surface area contributed by atoms with E-state index in [1.807, 2.05) is 11.8 Å². The lowest BCUT2D eigenvalue weighted by atomic mass is 10.4. The number of thioether (sulfide) groups is 1. The summed E-state index contributed by atoms with van der Waals surface area (Å²) in [5.41, 5.74) is 0. The summed E-state index contributed by atoms with van der Waals surface area (Å²) in [5, 5.41) is 0.720. The van der Waals surface area contributed by atoms with Gasteiger partial charge in [-0.15, -0.1) is 0 Å². The normalized spacial score (nSPS) is 16.7. The van der Waals surface area contributed by atoms with Gasteiger partial charge in [0.05, 0.1) is 4.90 Å². The van der Waals surface area contributed by atoms with Crippen molar-refractivity contribution < 1.29 is 8.42 Å². The minimum Gasteiger partial charge on any atom is -0.210 e. The van der Waals surface area contributed by atoms with Gasteiger partial charge in [0.1, 0.15) is 0 Å². The number of rotatable bonds is 6. The standard InChI is InChI=1S/C13H17Br2NO2S2/c14-10-5-6-12(15)13(9-10)20(17,18)16-7-8-19-11-3-1-2-4-11/h5-6,9,11,16H,1-4,7-8H2. The SMILES string of the molecule is O=S(=O)(NCCSC1CCCC1)c1cc(Br)ccc1Br. The van der Waals surface area contributed by atoms with Crippen molar-refractivity contribution in [1.29, 1.82) is 0 Å². The third kappa shape index (κ3) is 4.73. The van der Waals surface area contributed by atoms with Crippen LogP contribution in [0.25, 0.3) is 0 Å². The first-order chi connectivity index (χ1) is 9.49. The van der Waals surface area contributed by atoms with Gasteiger partial charge >= 0.3 is 0 Å². The summed E-state index contributed by atoms with van der Waals surface area (Å²) in [6, 6.07) is 5.14. The van der Waals surface area contributed by atoms with Gasteiger partial charge in [-0.25, -0.2) is 13.1 Å². The van der Waals surface area contributed by atoms with E-state index in [0.29, 0.717) is 11.0 Å². The van der Waals surface area contributed by atoms with Crippen LogP contribution in [-0.2, 0) is 10.0 Å². The molecule has 0 unspecified atom stereocenters. The fraction of sp³-hybridized carbons (Fsp3) is 0.538. The highest BCUT2D eigenvalue weighted by atomic mass is 79.9. The maximum absolute atomic E-state index is 12.2. The van der Waals surface area contributed by atoms with Gasteiger partial charge in [-0.05, 0) is 47.0 Å². The van der Waals surface area contributed by atoms with Crippen molar-refractivity contribution in [3.05, 3.63) is 27.1 Å². The van der Waals surface area contributed by atoms with Crippen LogP contribution < -0.4 is 4.72 Å². The molecular formula is C13H17Br2NO2S2. The molecule has 1 aromatic rings. The maximum Gasteiger partial charge on any atom is 0.241 e. The Hall–Kier alpha value is 0.440. The second-order valence-corrected chi connectivity index (χ2v) is 9.66. The highest BCUT2D eigenvalue weighted by molar-refractivity contribution is 9.11. The van der Waals surface area contributed by atoms with Crippen molar-refractivity contribution >= 4 is 53.6 Å². The fourth-order valence-electron chi connectivity index (χ4n) is 2.22. The van der Waals surface area contributed by atoms with Gasteiger partial charge in [0.25, 0.3) is 0 Å². The molecule has 1 aliphatic carbocycles. The molecule has 0 radical (unpaired) electrons. The third-order valence-corrected chi connectivity index (χ3v) is 7.56. The van der Waals surface area contributed by atoms with Crippen molar-refractivity contribution in [2.24, 2.45) is 0 Å². The van der Waals surface area contributed by atoms with Crippen LogP contribution in [0.5, 0.6) is 0 Å². The molecule has 1 aromatic carbocycles. The summed E-state index contributed by atoms with van der Waals surface area (Å²) in [4.78, 5) is 0.276. The molecule has 3 nitrogen and oxygen atoms in total. The number of benzene rings is 1. The van der Waals surface area contributed by atoms with E-state index in [1.165, 1.54) is 25.7 Å². The predicted molar refractivity (Wildman–Crippen MR) is 91.7 cm³/mol. The van der Waals surface area contributed by atoms with Gasteiger partial charge in [-0.1, -0.05) is 28.8 Å². The van der Waals surface area contributed by atoms with Gasteiger partial charge < -0.3 is 0 Å². The van der Waals surface area contributed by atoms with Crippen LogP contribution in [0, 0.1) is 0 Å². The lowest BCUT2D eigenvalue weighted by molar-refractivity contribution is 0.583. The zero-order chi connectivity index (χ0) is 14.6. The second-order valence-electron chi connectivity index (χ2n) is 4.75. The molecule has 20 heavy (non-hydrogen) atoms. The number of hydrogen-bond acceptors (Lipinski definition) is 3. The fourth-order valence-corrected chi connectivity index (χ4v) is 6.10. The van der Waals surface area contributed by atoms with Crippen molar-refractivity contribution in [2.45, 2.75) is 35.8 Å². The lowest BCUT2D eigenvalue weighted by Gasteiger charge is -2.11. The molecule has 0 bridgehead atoms. The van der Waals surface area contributed by atoms with Crippen LogP contribution in [-0.4, -0.2) is 26.0 Å². The van der Waals surface area contributed by atoms with Crippen molar-refractivity contribution in [3.8, 4) is 0 Å². The van der Waals surface area contributed by atoms with Crippen LogP contribution in [0.3, 0.4) is 0 Å². The minimum atomic E-state index is -3.45. The zero-order valence-corrected chi connectivity index (χ0v) is 15.7. The first kappa shape index (κ1) is 16.8. The van der Waals surface area contributed by atoms with Crippen molar-refractivity contribution in [1.82, 2.24) is 4.72 Å². The Morgan fingerprint density at radius 1 is 1.25 bits per heavy atom. The van der Waals surface area contributed by atoms with E-state index in [-0.39, 0.29) is 4.90 Å². The number of halogens is 2. The van der Waals surface area contributed by atoms with Gasteiger partial charge in [-0.2, -0.15) is 11.8 Å². The van der Waals surface area contributed by atoms with Crippen LogP contribution in [0.4, 0.5) is 0 Å². The van der Waals surface area contributed by atoms with E-state index in [4.69, 9.17) is 0 Å². The molecular weight excluding hydrogens is 426 g/mol. The molecule has 0 saturated heterocycles. The van der Waals surface area contributed by atoms with E-state index < -0.39 is 10.0 Å². The molecule has 7 heteroatoms. The van der Waals surface area contributed by atoms with Crippen LogP contribution in [0.2, 0.25) is 0 Å². The Morgan fingerprint density at radius 2 is 1.95 bits per heavy atom. The highest BCUT2D eigenvalue weighted by Gasteiger charge is 2.19. The average Bonchev–Trinajstić information content (AvgIpc) is 2.90. The van der Waals surface area contributed by atoms with Crippen LogP contribution in [0.1, 0.15) is 25.7 Å². The van der Waals surface area contributed by atoms with Crippen LogP contribution in [0.15, 0.2) is 32.0 Å². The highest BCUT2D eigenvalue weighted by Crippen LogP contribution is 2.29. The van der Waals surface area contributed by atoms with E-state index in [0.717, 1.165) is 15.5 Å². The quantitative estimate of drug-likeness (QED) is 0.672. The molecule has 0 heterocycles. The molecule has 0 spiro atoms. The molecule has 2 rings (SSSR count). The van der Waals surface area contributed by atoms with Gasteiger partial charge in [0.2, 0.25) is 10.0 Å². The zero-order valence-electron chi connectivity index (χ0n) is 10.9. The van der Waals surface area contributed by atoms with Crippen LogP contribution >= 0.6 is 43.6 Å². The van der Waals surface area contributed by atoms with E-state index >= 15 is 0 Å². The Kier molecular flexibility index (Phi) is 6.41. The summed E-state index contributed by atoms with van der Waals surface area (Å²) in [6.45, 7) is 0.475. The smallest absolute Gasteiger partial charge is 0.210 e. The molecule has 1 fully saturated rings. The van der Waals surface area contributed by atoms with Gasteiger partial charge in [0.15, 0.2) is 0 Å². The number of nitrogens with one attached hydrogen (secondary N) is 1. The average molecular weight is 443 g/mol. The summed E-state index contributed by atoms with van der Waals surface area (Å²) in [6.07, 6.45) is 5.17. The summed E-state index contributed by atoms with van der Waals surface area (Å²) in [7, 11) is -3.45. The van der Waals surface area contributed by atoms with Gasteiger partial charge in [-0.3, -0.25) is 0 Å².